The van der Waals surface area contributed by atoms with Gasteiger partial charge in [0.25, 0.3) is 0 Å². The molecule has 2 nitrogen and oxygen atoms in total. The zero-order valence-corrected chi connectivity index (χ0v) is 11.1. The Kier molecular flexibility index (Phi) is 4.77. The summed E-state index contributed by atoms with van der Waals surface area (Å²) in [5.74, 6) is 0.219. The van der Waals surface area contributed by atoms with Crippen LogP contribution in [0.5, 0.6) is 5.75 Å². The normalized spacial score (nSPS) is 11.4. The lowest BCUT2D eigenvalue weighted by molar-refractivity contribution is -0.0497. The van der Waals surface area contributed by atoms with Crippen molar-refractivity contribution in [3.8, 4) is 5.75 Å². The molecule has 1 N–H and O–H groups in total. The topological polar surface area (TPSA) is 25.0 Å². The number of unbranched alkanes of at least 4 members (excludes halogenated alkanes) is 3. The molecule has 2 aromatic rings. The first kappa shape index (κ1) is 13.8. The molecule has 0 spiro atoms. The third kappa shape index (κ3) is 3.69. The minimum absolute atomic E-state index is 0.219. The number of benzene rings is 1. The summed E-state index contributed by atoms with van der Waals surface area (Å²) < 4.78 is 28.9. The summed E-state index contributed by atoms with van der Waals surface area (Å²) in [4.78, 5) is 3.17. The third-order valence-electron chi connectivity index (χ3n) is 3.26. The van der Waals surface area contributed by atoms with E-state index in [2.05, 4.69) is 16.6 Å². The van der Waals surface area contributed by atoms with Crippen molar-refractivity contribution in [1.82, 2.24) is 4.98 Å². The molecule has 0 saturated heterocycles. The molecule has 1 aromatic carbocycles. The van der Waals surface area contributed by atoms with Gasteiger partial charge in [-0.1, -0.05) is 26.2 Å². The van der Waals surface area contributed by atoms with E-state index in [-0.39, 0.29) is 5.75 Å². The molecule has 0 aliphatic heterocycles. The van der Waals surface area contributed by atoms with Crippen molar-refractivity contribution in [1.29, 1.82) is 0 Å². The van der Waals surface area contributed by atoms with E-state index in [0.717, 1.165) is 23.7 Å². The number of H-pyrrole nitrogens is 1. The van der Waals surface area contributed by atoms with Gasteiger partial charge in [0.15, 0.2) is 0 Å². The van der Waals surface area contributed by atoms with Crippen LogP contribution in [0, 0.1) is 0 Å². The molecule has 0 fully saturated rings. The largest absolute Gasteiger partial charge is 0.435 e. The molecule has 1 aromatic heterocycles. The van der Waals surface area contributed by atoms with Crippen molar-refractivity contribution >= 4 is 10.9 Å². The van der Waals surface area contributed by atoms with Crippen LogP contribution >= 0.6 is 0 Å². The summed E-state index contributed by atoms with van der Waals surface area (Å²) in [6.45, 7) is -0.593. The van der Waals surface area contributed by atoms with Crippen molar-refractivity contribution in [3.63, 3.8) is 0 Å². The number of aromatic nitrogens is 1. The van der Waals surface area contributed by atoms with Crippen LogP contribution in [0.2, 0.25) is 0 Å². The maximum Gasteiger partial charge on any atom is 0.387 e. The number of halogens is 2. The lowest BCUT2D eigenvalue weighted by Crippen LogP contribution is -2.01. The molecule has 4 heteroatoms. The van der Waals surface area contributed by atoms with Gasteiger partial charge in [-0.2, -0.15) is 8.78 Å². The molecule has 104 valence electrons. The summed E-state index contributed by atoms with van der Waals surface area (Å²) in [6, 6.07) is 5.03. The number of aryl methyl sites for hydroxylation is 1. The van der Waals surface area contributed by atoms with E-state index in [9.17, 15) is 8.78 Å². The maximum atomic E-state index is 12.2. The van der Waals surface area contributed by atoms with Gasteiger partial charge in [-0.3, -0.25) is 0 Å². The Morgan fingerprint density at radius 2 is 2.05 bits per heavy atom. The summed E-state index contributed by atoms with van der Waals surface area (Å²) in [5.41, 5.74) is 2.14. The van der Waals surface area contributed by atoms with E-state index in [1.807, 2.05) is 6.20 Å². The van der Waals surface area contributed by atoms with Crippen LogP contribution in [0.3, 0.4) is 0 Å². The molecule has 0 saturated carbocycles. The van der Waals surface area contributed by atoms with Gasteiger partial charge in [0.2, 0.25) is 0 Å². The van der Waals surface area contributed by atoms with Gasteiger partial charge in [0.1, 0.15) is 5.75 Å². The van der Waals surface area contributed by atoms with E-state index in [1.54, 1.807) is 18.2 Å². The van der Waals surface area contributed by atoms with Crippen LogP contribution in [0.1, 0.15) is 38.2 Å². The lowest BCUT2D eigenvalue weighted by Gasteiger charge is -2.05. The minimum Gasteiger partial charge on any atom is -0.435 e. The molecule has 0 atom stereocenters. The zero-order chi connectivity index (χ0) is 13.7. The van der Waals surface area contributed by atoms with Crippen LogP contribution in [-0.4, -0.2) is 11.6 Å². The second-order valence-electron chi connectivity index (χ2n) is 4.71. The fraction of sp³-hybridized carbons (Fsp3) is 0.467. The Bertz CT molecular complexity index is 522. The van der Waals surface area contributed by atoms with Crippen LogP contribution in [-0.2, 0) is 6.42 Å². The number of nitrogens with one attached hydrogen (secondary N) is 1. The number of hydrogen-bond acceptors (Lipinski definition) is 1. The number of aromatic amines is 1. The van der Waals surface area contributed by atoms with Crippen molar-refractivity contribution in [2.24, 2.45) is 0 Å². The Morgan fingerprint density at radius 3 is 2.79 bits per heavy atom. The van der Waals surface area contributed by atoms with Gasteiger partial charge in [0.05, 0.1) is 0 Å². The molecule has 19 heavy (non-hydrogen) atoms. The van der Waals surface area contributed by atoms with Gasteiger partial charge in [0, 0.05) is 17.1 Å². The summed E-state index contributed by atoms with van der Waals surface area (Å²) in [5, 5.41) is 0.981. The van der Waals surface area contributed by atoms with E-state index in [4.69, 9.17) is 0 Å². The molecule has 1 heterocycles. The standard InChI is InChI=1S/C15H19F2NO/c1-2-3-4-5-6-11-10-18-14-8-7-12(9-13(11)14)19-15(16)17/h7-10,15,18H,2-6H2,1H3. The van der Waals surface area contributed by atoms with Crippen molar-refractivity contribution in [2.45, 2.75) is 45.6 Å². The van der Waals surface area contributed by atoms with Crippen molar-refractivity contribution in [2.75, 3.05) is 0 Å². The smallest absolute Gasteiger partial charge is 0.387 e. The Balaban J connectivity index is 2.10. The average molecular weight is 267 g/mol. The molecular formula is C15H19F2NO. The predicted octanol–water partition coefficient (Wildman–Crippen LogP) is 4.89. The minimum atomic E-state index is -2.77. The van der Waals surface area contributed by atoms with Gasteiger partial charge >= 0.3 is 6.61 Å². The van der Waals surface area contributed by atoms with Gasteiger partial charge in [-0.25, -0.2) is 0 Å². The monoisotopic (exact) mass is 267 g/mol. The highest BCUT2D eigenvalue weighted by Gasteiger charge is 2.08. The highest BCUT2D eigenvalue weighted by atomic mass is 19.3. The Labute approximate surface area is 111 Å². The number of alkyl halides is 2. The molecule has 0 amide bonds. The molecule has 0 radical (unpaired) electrons. The van der Waals surface area contributed by atoms with E-state index in [1.165, 1.54) is 24.8 Å². The van der Waals surface area contributed by atoms with Crippen LogP contribution in [0.25, 0.3) is 10.9 Å². The summed E-state index contributed by atoms with van der Waals surface area (Å²) >= 11 is 0. The first-order valence-corrected chi connectivity index (χ1v) is 6.75. The maximum absolute atomic E-state index is 12.2. The quantitative estimate of drug-likeness (QED) is 0.710. The summed E-state index contributed by atoms with van der Waals surface area (Å²) in [6.07, 6.45) is 7.71. The highest BCUT2D eigenvalue weighted by molar-refractivity contribution is 5.84. The number of fused-ring (bicyclic) bond motifs is 1. The third-order valence-corrected chi connectivity index (χ3v) is 3.26. The average Bonchev–Trinajstić information content (AvgIpc) is 2.77. The van der Waals surface area contributed by atoms with Gasteiger partial charge in [-0.05, 0) is 36.6 Å². The fourth-order valence-corrected chi connectivity index (χ4v) is 2.28. The van der Waals surface area contributed by atoms with Crippen LogP contribution in [0.4, 0.5) is 8.78 Å². The number of ether oxygens (including phenoxy) is 1. The SMILES string of the molecule is CCCCCCc1c[nH]c2ccc(OC(F)F)cc12. The van der Waals surface area contributed by atoms with Gasteiger partial charge < -0.3 is 9.72 Å². The van der Waals surface area contributed by atoms with Crippen LogP contribution < -0.4 is 4.74 Å². The van der Waals surface area contributed by atoms with E-state index in [0.29, 0.717) is 0 Å². The molecule has 0 aliphatic carbocycles. The van der Waals surface area contributed by atoms with Crippen molar-refractivity contribution in [3.05, 3.63) is 30.0 Å². The molecule has 0 bridgehead atoms. The lowest BCUT2D eigenvalue weighted by atomic mass is 10.1. The molecule has 0 aliphatic rings. The molecular weight excluding hydrogens is 248 g/mol. The second-order valence-corrected chi connectivity index (χ2v) is 4.71. The number of hydrogen-bond donors (Lipinski definition) is 1. The summed E-state index contributed by atoms with van der Waals surface area (Å²) in [7, 11) is 0. The van der Waals surface area contributed by atoms with E-state index < -0.39 is 6.61 Å². The zero-order valence-electron chi connectivity index (χ0n) is 11.1. The first-order valence-electron chi connectivity index (χ1n) is 6.75. The Hall–Kier alpha value is -1.58. The van der Waals surface area contributed by atoms with E-state index >= 15 is 0 Å². The second kappa shape index (κ2) is 6.55. The van der Waals surface area contributed by atoms with Gasteiger partial charge in [-0.15, -0.1) is 0 Å². The highest BCUT2D eigenvalue weighted by Crippen LogP contribution is 2.26. The number of rotatable bonds is 7. The molecule has 2 rings (SSSR count). The first-order chi connectivity index (χ1) is 9.20. The molecule has 0 unspecified atom stereocenters. The van der Waals surface area contributed by atoms with Crippen molar-refractivity contribution < 1.29 is 13.5 Å². The van der Waals surface area contributed by atoms with Crippen LogP contribution in [0.15, 0.2) is 24.4 Å². The fourth-order valence-electron chi connectivity index (χ4n) is 2.28. The predicted molar refractivity (Wildman–Crippen MR) is 72.8 cm³/mol. The Morgan fingerprint density at radius 1 is 1.21 bits per heavy atom.